The molecule has 0 atom stereocenters. The van der Waals surface area contributed by atoms with Crippen molar-refractivity contribution >= 4 is 11.7 Å². The summed E-state index contributed by atoms with van der Waals surface area (Å²) in [7, 11) is 0. The number of carboxylic acids is 1. The van der Waals surface area contributed by atoms with Gasteiger partial charge in [-0.3, -0.25) is 0 Å². The molecule has 2 rings (SSSR count). The summed E-state index contributed by atoms with van der Waals surface area (Å²) in [4.78, 5) is 13.3. The lowest BCUT2D eigenvalue weighted by atomic mass is 9.72. The Kier molecular flexibility index (Phi) is 4.13. The fraction of sp³-hybridized carbons (Fsp3) is 0.562. The molecule has 19 heavy (non-hydrogen) atoms. The van der Waals surface area contributed by atoms with Crippen molar-refractivity contribution < 1.29 is 9.90 Å². The molecule has 1 N–H and O–H groups in total. The van der Waals surface area contributed by atoms with E-state index in [1.165, 1.54) is 25.7 Å². The molecule has 0 aromatic heterocycles. The average molecular weight is 261 g/mol. The van der Waals surface area contributed by atoms with Gasteiger partial charge >= 0.3 is 5.97 Å². The normalized spacial score (nSPS) is 17.1. The molecule has 104 valence electrons. The highest BCUT2D eigenvalue weighted by Gasteiger charge is 2.41. The Morgan fingerprint density at radius 1 is 1.26 bits per heavy atom. The molecular weight excluding hydrogens is 238 g/mol. The van der Waals surface area contributed by atoms with Crippen molar-refractivity contribution in [2.24, 2.45) is 5.41 Å². The maximum Gasteiger partial charge on any atom is 0.335 e. The standard InChI is InChI=1S/C16H23NO2/c1-3-8-16(9-4-2)11-17(12-16)14-7-5-6-13(10-14)15(18)19/h5-7,10H,3-4,8-9,11-12H2,1-2H3,(H,18,19). The number of nitrogens with zero attached hydrogens (tertiary/aromatic N) is 1. The molecular formula is C16H23NO2. The maximum atomic E-state index is 11.0. The van der Waals surface area contributed by atoms with E-state index in [9.17, 15) is 4.79 Å². The predicted molar refractivity (Wildman–Crippen MR) is 77.9 cm³/mol. The van der Waals surface area contributed by atoms with E-state index in [1.807, 2.05) is 12.1 Å². The van der Waals surface area contributed by atoms with Crippen LogP contribution >= 0.6 is 0 Å². The first kappa shape index (κ1) is 13.9. The number of hydrogen-bond donors (Lipinski definition) is 1. The average Bonchev–Trinajstić information content (AvgIpc) is 2.35. The highest BCUT2D eigenvalue weighted by atomic mass is 16.4. The van der Waals surface area contributed by atoms with Gasteiger partial charge < -0.3 is 10.0 Å². The molecule has 1 aliphatic heterocycles. The fourth-order valence-electron chi connectivity index (χ4n) is 3.28. The van der Waals surface area contributed by atoms with E-state index in [0.717, 1.165) is 18.8 Å². The van der Waals surface area contributed by atoms with Crippen molar-refractivity contribution in [2.75, 3.05) is 18.0 Å². The number of benzene rings is 1. The van der Waals surface area contributed by atoms with E-state index >= 15 is 0 Å². The van der Waals surface area contributed by atoms with Gasteiger partial charge in [-0.15, -0.1) is 0 Å². The van der Waals surface area contributed by atoms with Crippen LogP contribution in [0.5, 0.6) is 0 Å². The molecule has 1 aromatic rings. The first-order chi connectivity index (χ1) is 9.10. The van der Waals surface area contributed by atoms with Crippen LogP contribution in [0.3, 0.4) is 0 Å². The summed E-state index contributed by atoms with van der Waals surface area (Å²) < 4.78 is 0. The lowest BCUT2D eigenvalue weighted by molar-refractivity contribution is 0.0697. The van der Waals surface area contributed by atoms with Gasteiger partial charge in [0.25, 0.3) is 0 Å². The molecule has 0 bridgehead atoms. The summed E-state index contributed by atoms with van der Waals surface area (Å²) in [5.41, 5.74) is 1.88. The molecule has 0 spiro atoms. The summed E-state index contributed by atoms with van der Waals surface area (Å²) in [5, 5.41) is 9.03. The molecule has 1 heterocycles. The van der Waals surface area contributed by atoms with Crippen molar-refractivity contribution in [2.45, 2.75) is 39.5 Å². The quantitative estimate of drug-likeness (QED) is 0.847. The molecule has 3 heteroatoms. The van der Waals surface area contributed by atoms with Crippen LogP contribution in [-0.4, -0.2) is 24.2 Å². The minimum absolute atomic E-state index is 0.376. The Labute approximate surface area is 115 Å². The highest BCUT2D eigenvalue weighted by molar-refractivity contribution is 5.88. The number of anilines is 1. The van der Waals surface area contributed by atoms with Crippen LogP contribution in [-0.2, 0) is 0 Å². The molecule has 0 radical (unpaired) electrons. The number of carboxylic acid groups (broad SMARTS) is 1. The van der Waals surface area contributed by atoms with Crippen LogP contribution in [0.1, 0.15) is 49.9 Å². The van der Waals surface area contributed by atoms with Crippen molar-refractivity contribution in [1.29, 1.82) is 0 Å². The van der Waals surface area contributed by atoms with Crippen molar-refractivity contribution in [3.05, 3.63) is 29.8 Å². The molecule has 0 unspecified atom stereocenters. The second kappa shape index (κ2) is 5.64. The van der Waals surface area contributed by atoms with Crippen molar-refractivity contribution in [3.8, 4) is 0 Å². The topological polar surface area (TPSA) is 40.5 Å². The van der Waals surface area contributed by atoms with Gasteiger partial charge in [-0.05, 0) is 31.0 Å². The summed E-state index contributed by atoms with van der Waals surface area (Å²) in [6, 6.07) is 7.27. The zero-order valence-electron chi connectivity index (χ0n) is 11.9. The number of carbonyl (C=O) groups is 1. The zero-order chi connectivity index (χ0) is 13.9. The molecule has 1 aromatic carbocycles. The number of aromatic carboxylic acids is 1. The second-order valence-electron chi connectivity index (χ2n) is 5.71. The Hall–Kier alpha value is -1.51. The lowest BCUT2D eigenvalue weighted by Crippen LogP contribution is -2.56. The van der Waals surface area contributed by atoms with E-state index in [2.05, 4.69) is 18.7 Å². The van der Waals surface area contributed by atoms with Crippen LogP contribution in [0.15, 0.2) is 24.3 Å². The van der Waals surface area contributed by atoms with Gasteiger partial charge in [0.15, 0.2) is 0 Å². The van der Waals surface area contributed by atoms with Gasteiger partial charge in [0, 0.05) is 24.2 Å². The van der Waals surface area contributed by atoms with Gasteiger partial charge in [-0.2, -0.15) is 0 Å². The smallest absolute Gasteiger partial charge is 0.335 e. The molecule has 1 aliphatic rings. The summed E-state index contributed by atoms with van der Waals surface area (Å²) in [6.07, 6.45) is 5.00. The largest absolute Gasteiger partial charge is 0.478 e. The van der Waals surface area contributed by atoms with Crippen LogP contribution < -0.4 is 4.90 Å². The van der Waals surface area contributed by atoms with Crippen molar-refractivity contribution in [3.63, 3.8) is 0 Å². The van der Waals surface area contributed by atoms with Gasteiger partial charge in [0.1, 0.15) is 0 Å². The molecule has 1 saturated heterocycles. The Balaban J connectivity index is 2.06. The van der Waals surface area contributed by atoms with E-state index < -0.39 is 5.97 Å². The first-order valence-corrected chi connectivity index (χ1v) is 7.18. The van der Waals surface area contributed by atoms with Crippen molar-refractivity contribution in [1.82, 2.24) is 0 Å². The van der Waals surface area contributed by atoms with E-state index in [1.54, 1.807) is 12.1 Å². The SMILES string of the molecule is CCCC1(CCC)CN(c2cccc(C(=O)O)c2)C1. The predicted octanol–water partition coefficient (Wildman–Crippen LogP) is 3.79. The third-order valence-corrected chi connectivity index (χ3v) is 4.07. The zero-order valence-corrected chi connectivity index (χ0v) is 11.9. The molecule has 0 amide bonds. The van der Waals surface area contributed by atoms with E-state index in [0.29, 0.717) is 11.0 Å². The van der Waals surface area contributed by atoms with Crippen LogP contribution in [0.4, 0.5) is 5.69 Å². The van der Waals surface area contributed by atoms with Crippen LogP contribution in [0.25, 0.3) is 0 Å². The summed E-state index contributed by atoms with van der Waals surface area (Å²) >= 11 is 0. The third-order valence-electron chi connectivity index (χ3n) is 4.07. The minimum Gasteiger partial charge on any atom is -0.478 e. The van der Waals surface area contributed by atoms with E-state index in [4.69, 9.17) is 5.11 Å². The van der Waals surface area contributed by atoms with Crippen LogP contribution in [0, 0.1) is 5.41 Å². The van der Waals surface area contributed by atoms with Gasteiger partial charge in [0.05, 0.1) is 5.56 Å². The summed E-state index contributed by atoms with van der Waals surface area (Å²) in [6.45, 7) is 6.62. The van der Waals surface area contributed by atoms with Gasteiger partial charge in [-0.25, -0.2) is 4.79 Å². The molecule has 1 fully saturated rings. The third kappa shape index (κ3) is 2.91. The first-order valence-electron chi connectivity index (χ1n) is 7.18. The van der Waals surface area contributed by atoms with Gasteiger partial charge in [-0.1, -0.05) is 32.8 Å². The number of rotatable bonds is 6. The Morgan fingerprint density at radius 3 is 2.42 bits per heavy atom. The van der Waals surface area contributed by atoms with Crippen LogP contribution in [0.2, 0.25) is 0 Å². The minimum atomic E-state index is -0.851. The number of hydrogen-bond acceptors (Lipinski definition) is 2. The second-order valence-corrected chi connectivity index (χ2v) is 5.71. The fourth-order valence-corrected chi connectivity index (χ4v) is 3.28. The lowest BCUT2D eigenvalue weighted by Gasteiger charge is -2.52. The monoisotopic (exact) mass is 261 g/mol. The summed E-state index contributed by atoms with van der Waals surface area (Å²) in [5.74, 6) is -0.851. The Morgan fingerprint density at radius 2 is 1.89 bits per heavy atom. The molecule has 0 aliphatic carbocycles. The highest BCUT2D eigenvalue weighted by Crippen LogP contribution is 2.41. The Bertz CT molecular complexity index is 442. The maximum absolute atomic E-state index is 11.0. The van der Waals surface area contributed by atoms with Gasteiger partial charge in [0.2, 0.25) is 0 Å². The molecule has 3 nitrogen and oxygen atoms in total. The van der Waals surface area contributed by atoms with E-state index in [-0.39, 0.29) is 0 Å². The molecule has 0 saturated carbocycles.